The summed E-state index contributed by atoms with van der Waals surface area (Å²) in [7, 11) is -3.84. The molecule has 0 unspecified atom stereocenters. The van der Waals surface area contributed by atoms with Gasteiger partial charge in [-0.1, -0.05) is 29.3 Å². The van der Waals surface area contributed by atoms with E-state index in [1.807, 2.05) is 12.1 Å². The van der Waals surface area contributed by atoms with Gasteiger partial charge in [0.1, 0.15) is 10.6 Å². The van der Waals surface area contributed by atoms with Crippen molar-refractivity contribution in [3.8, 4) is 5.75 Å². The topological polar surface area (TPSA) is 66.9 Å². The number of ether oxygens (including phenoxy) is 1. The highest BCUT2D eigenvalue weighted by Gasteiger charge is 2.33. The van der Waals surface area contributed by atoms with Crippen LogP contribution in [0.3, 0.4) is 0 Å². The minimum absolute atomic E-state index is 0.0871. The summed E-state index contributed by atoms with van der Waals surface area (Å²) < 4.78 is 33.3. The number of amides is 1. The maximum atomic E-state index is 13.0. The summed E-state index contributed by atoms with van der Waals surface area (Å²) in [6.45, 7) is 0.942. The Hall–Kier alpha value is -1.80. The zero-order chi connectivity index (χ0) is 22.0. The van der Waals surface area contributed by atoms with Crippen LogP contribution in [0.4, 0.5) is 0 Å². The molecular formula is C22H24Cl2N2O4S. The van der Waals surface area contributed by atoms with Crippen LogP contribution in [-0.4, -0.2) is 55.8 Å². The number of carbonyl (C=O) groups is 1. The maximum Gasteiger partial charge on any atom is 0.253 e. The molecule has 2 aliphatic rings. The summed E-state index contributed by atoms with van der Waals surface area (Å²) in [5.41, 5.74) is 0.559. The first-order valence-electron chi connectivity index (χ1n) is 10.4. The van der Waals surface area contributed by atoms with Crippen LogP contribution in [0.5, 0.6) is 5.75 Å². The van der Waals surface area contributed by atoms with Crippen LogP contribution in [0.1, 0.15) is 36.0 Å². The van der Waals surface area contributed by atoms with Gasteiger partial charge in [-0.15, -0.1) is 0 Å². The van der Waals surface area contributed by atoms with Gasteiger partial charge in [0.25, 0.3) is 5.91 Å². The second kappa shape index (κ2) is 9.36. The lowest BCUT2D eigenvalue weighted by molar-refractivity contribution is 0.0698. The SMILES string of the molecule is O=C(c1ccc(OC2CCCC2)cc1)N1CCN(S(=O)(=O)c2c(Cl)cccc2Cl)CC1. The lowest BCUT2D eigenvalue weighted by Gasteiger charge is -2.34. The molecule has 1 aliphatic carbocycles. The van der Waals surface area contributed by atoms with Crippen LogP contribution in [0.15, 0.2) is 47.4 Å². The molecule has 6 nitrogen and oxygen atoms in total. The molecule has 0 atom stereocenters. The zero-order valence-corrected chi connectivity index (χ0v) is 19.3. The minimum Gasteiger partial charge on any atom is -0.490 e. The van der Waals surface area contributed by atoms with Gasteiger partial charge < -0.3 is 9.64 Å². The molecule has 0 spiro atoms. The molecule has 1 aliphatic heterocycles. The smallest absolute Gasteiger partial charge is 0.253 e. The van der Waals surface area contributed by atoms with E-state index in [1.54, 1.807) is 23.1 Å². The zero-order valence-electron chi connectivity index (χ0n) is 17.0. The van der Waals surface area contributed by atoms with Crippen molar-refractivity contribution in [2.24, 2.45) is 0 Å². The van der Waals surface area contributed by atoms with Crippen molar-refractivity contribution in [3.05, 3.63) is 58.1 Å². The number of rotatable bonds is 5. The number of nitrogens with zero attached hydrogens (tertiary/aromatic N) is 2. The van der Waals surface area contributed by atoms with Gasteiger partial charge in [0, 0.05) is 31.7 Å². The van der Waals surface area contributed by atoms with E-state index in [0.717, 1.165) is 18.6 Å². The van der Waals surface area contributed by atoms with Crippen LogP contribution < -0.4 is 4.74 Å². The van der Waals surface area contributed by atoms with Crippen LogP contribution >= 0.6 is 23.2 Å². The molecule has 2 aromatic rings. The van der Waals surface area contributed by atoms with E-state index in [9.17, 15) is 13.2 Å². The summed E-state index contributed by atoms with van der Waals surface area (Å²) in [6, 6.07) is 11.8. The Morgan fingerprint density at radius 1 is 0.903 bits per heavy atom. The lowest BCUT2D eigenvalue weighted by atomic mass is 10.1. The summed E-state index contributed by atoms with van der Waals surface area (Å²) in [6.07, 6.45) is 4.82. The summed E-state index contributed by atoms with van der Waals surface area (Å²) >= 11 is 12.2. The highest BCUT2D eigenvalue weighted by Crippen LogP contribution is 2.32. The first-order chi connectivity index (χ1) is 14.9. The number of hydrogen-bond acceptors (Lipinski definition) is 4. The fraction of sp³-hybridized carbons (Fsp3) is 0.409. The van der Waals surface area contributed by atoms with Gasteiger partial charge in [-0.3, -0.25) is 4.79 Å². The molecule has 0 N–H and O–H groups in total. The highest BCUT2D eigenvalue weighted by atomic mass is 35.5. The lowest BCUT2D eigenvalue weighted by Crippen LogP contribution is -2.50. The highest BCUT2D eigenvalue weighted by molar-refractivity contribution is 7.89. The van der Waals surface area contributed by atoms with Gasteiger partial charge in [-0.05, 0) is 62.1 Å². The van der Waals surface area contributed by atoms with Gasteiger partial charge in [-0.25, -0.2) is 8.42 Å². The molecule has 2 fully saturated rings. The van der Waals surface area contributed by atoms with Crippen molar-refractivity contribution >= 4 is 39.1 Å². The third-order valence-corrected chi connectivity index (χ3v) is 8.60. The van der Waals surface area contributed by atoms with Crippen molar-refractivity contribution in [1.82, 2.24) is 9.21 Å². The van der Waals surface area contributed by atoms with E-state index in [2.05, 4.69) is 0 Å². The molecule has 2 aromatic carbocycles. The minimum atomic E-state index is -3.84. The van der Waals surface area contributed by atoms with E-state index < -0.39 is 10.0 Å². The number of hydrogen-bond donors (Lipinski definition) is 0. The number of piperazine rings is 1. The summed E-state index contributed by atoms with van der Waals surface area (Å²) in [5.74, 6) is 0.649. The molecule has 1 saturated carbocycles. The Kier molecular flexibility index (Phi) is 6.77. The van der Waals surface area contributed by atoms with Crippen molar-refractivity contribution in [3.63, 3.8) is 0 Å². The molecule has 4 rings (SSSR count). The van der Waals surface area contributed by atoms with Gasteiger partial charge in [0.15, 0.2) is 0 Å². The van der Waals surface area contributed by atoms with Gasteiger partial charge in [0.05, 0.1) is 16.1 Å². The number of halogens is 2. The Balaban J connectivity index is 1.38. The second-order valence-corrected chi connectivity index (χ2v) is 10.5. The van der Waals surface area contributed by atoms with Gasteiger partial charge >= 0.3 is 0 Å². The normalized spacial score (nSPS) is 18.3. The van der Waals surface area contributed by atoms with E-state index in [0.29, 0.717) is 18.7 Å². The molecule has 166 valence electrons. The molecule has 31 heavy (non-hydrogen) atoms. The maximum absolute atomic E-state index is 13.0. The van der Waals surface area contributed by atoms with Crippen LogP contribution in [0.25, 0.3) is 0 Å². The molecule has 0 aromatic heterocycles. The van der Waals surface area contributed by atoms with Gasteiger partial charge in [0.2, 0.25) is 10.0 Å². The molecule has 1 heterocycles. The molecule has 1 saturated heterocycles. The standard InChI is InChI=1S/C22H24Cl2N2O4S/c23-19-6-3-7-20(24)21(19)31(28,29)26-14-12-25(13-15-26)22(27)16-8-10-18(11-9-16)30-17-4-1-2-5-17/h3,6-11,17H,1-2,4-5,12-15H2. The van der Waals surface area contributed by atoms with Crippen molar-refractivity contribution in [2.45, 2.75) is 36.7 Å². The number of benzene rings is 2. The third kappa shape index (κ3) is 4.85. The molecule has 1 amide bonds. The Morgan fingerprint density at radius 2 is 1.48 bits per heavy atom. The van der Waals surface area contributed by atoms with Crippen molar-refractivity contribution in [2.75, 3.05) is 26.2 Å². The van der Waals surface area contributed by atoms with Crippen molar-refractivity contribution < 1.29 is 17.9 Å². The fourth-order valence-electron chi connectivity index (χ4n) is 4.05. The largest absolute Gasteiger partial charge is 0.490 e. The third-order valence-electron chi connectivity index (χ3n) is 5.75. The molecule has 0 bridgehead atoms. The van der Waals surface area contributed by atoms with Crippen LogP contribution in [-0.2, 0) is 10.0 Å². The Morgan fingerprint density at radius 3 is 2.06 bits per heavy atom. The fourth-order valence-corrected chi connectivity index (χ4v) is 6.56. The predicted molar refractivity (Wildman–Crippen MR) is 120 cm³/mol. The summed E-state index contributed by atoms with van der Waals surface area (Å²) in [4.78, 5) is 14.4. The van der Waals surface area contributed by atoms with Crippen LogP contribution in [0, 0.1) is 0 Å². The Labute approximate surface area is 192 Å². The van der Waals surface area contributed by atoms with Gasteiger partial charge in [-0.2, -0.15) is 4.31 Å². The summed E-state index contributed by atoms with van der Waals surface area (Å²) in [5, 5.41) is 0.178. The quantitative estimate of drug-likeness (QED) is 0.630. The molecule has 0 radical (unpaired) electrons. The van der Waals surface area contributed by atoms with E-state index in [-0.39, 0.29) is 40.0 Å². The van der Waals surface area contributed by atoms with Crippen molar-refractivity contribution in [1.29, 1.82) is 0 Å². The average molecular weight is 483 g/mol. The average Bonchev–Trinajstić information content (AvgIpc) is 3.27. The number of sulfonamides is 1. The number of carbonyl (C=O) groups excluding carboxylic acids is 1. The van der Waals surface area contributed by atoms with E-state index >= 15 is 0 Å². The van der Waals surface area contributed by atoms with Crippen LogP contribution in [0.2, 0.25) is 10.0 Å². The first kappa shape index (κ1) is 22.4. The van der Waals surface area contributed by atoms with E-state index in [4.69, 9.17) is 27.9 Å². The Bertz CT molecular complexity index is 1030. The van der Waals surface area contributed by atoms with E-state index in [1.165, 1.54) is 29.3 Å². The monoisotopic (exact) mass is 482 g/mol. The first-order valence-corrected chi connectivity index (χ1v) is 12.6. The molecule has 9 heteroatoms. The molecular weight excluding hydrogens is 459 g/mol. The predicted octanol–water partition coefficient (Wildman–Crippen LogP) is 4.46. The second-order valence-electron chi connectivity index (χ2n) is 7.80.